The first-order chi connectivity index (χ1) is 14.5. The van der Waals surface area contributed by atoms with Gasteiger partial charge in [-0.25, -0.2) is 0 Å². The molecule has 6 rings (SSSR count). The van der Waals surface area contributed by atoms with Crippen LogP contribution in [0.5, 0.6) is 0 Å². The number of aliphatic hydroxyl groups excluding tert-OH is 4. The number of methoxy groups -OCH3 is 1. The Morgan fingerprint density at radius 3 is 2.23 bits per heavy atom. The third-order valence-corrected chi connectivity index (χ3v) is 7.85. The molecule has 164 valence electrons. The molecule has 6 heteroatoms. The molecule has 0 spiro atoms. The summed E-state index contributed by atoms with van der Waals surface area (Å²) in [5.41, 5.74) is 3.11. The van der Waals surface area contributed by atoms with Gasteiger partial charge >= 0.3 is 0 Å². The Hall–Kier alpha value is -1.44. The van der Waals surface area contributed by atoms with E-state index in [0.717, 1.165) is 23.2 Å². The van der Waals surface area contributed by atoms with Crippen molar-refractivity contribution in [2.24, 2.45) is 23.7 Å². The fourth-order valence-electron chi connectivity index (χ4n) is 6.70. The molecular formula is C24H32O6. The molecule has 0 unspecified atom stereocenters. The Labute approximate surface area is 177 Å². The van der Waals surface area contributed by atoms with E-state index in [-0.39, 0.29) is 0 Å². The number of benzene rings is 1. The highest BCUT2D eigenvalue weighted by Crippen LogP contribution is 2.58. The fourth-order valence-corrected chi connectivity index (χ4v) is 6.70. The molecule has 0 radical (unpaired) electrons. The third-order valence-electron chi connectivity index (χ3n) is 7.85. The predicted octanol–water partition coefficient (Wildman–Crippen LogP) is 2.02. The van der Waals surface area contributed by atoms with Crippen molar-refractivity contribution in [1.82, 2.24) is 0 Å². The minimum absolute atomic E-state index is 0.430. The molecule has 5 fully saturated rings. The molecule has 30 heavy (non-hydrogen) atoms. The quantitative estimate of drug-likeness (QED) is 0.561. The molecule has 5 atom stereocenters. The van der Waals surface area contributed by atoms with Gasteiger partial charge in [0.05, 0.1) is 13.7 Å². The van der Waals surface area contributed by atoms with E-state index < -0.39 is 37.1 Å². The molecule has 1 aliphatic heterocycles. The summed E-state index contributed by atoms with van der Waals surface area (Å²) in [6.07, 6.45) is 0.701. The monoisotopic (exact) mass is 416 g/mol. The highest BCUT2D eigenvalue weighted by molar-refractivity contribution is 5.65. The van der Waals surface area contributed by atoms with Gasteiger partial charge in [-0.15, -0.1) is 0 Å². The summed E-state index contributed by atoms with van der Waals surface area (Å²) in [5, 5.41) is 40.2. The van der Waals surface area contributed by atoms with Gasteiger partial charge in [0, 0.05) is 5.56 Å². The van der Waals surface area contributed by atoms with Gasteiger partial charge in [-0.05, 0) is 73.0 Å². The van der Waals surface area contributed by atoms with Crippen molar-refractivity contribution < 1.29 is 29.9 Å². The van der Waals surface area contributed by atoms with Crippen LogP contribution in [-0.4, -0.2) is 58.6 Å². The number of hydrogen-bond donors (Lipinski definition) is 4. The van der Waals surface area contributed by atoms with Crippen molar-refractivity contribution in [3.63, 3.8) is 0 Å². The molecular weight excluding hydrogens is 384 g/mol. The maximum atomic E-state index is 10.5. The Balaban J connectivity index is 1.49. The maximum Gasteiger partial charge on any atom is 0.125 e. The molecule has 0 aromatic heterocycles. The van der Waals surface area contributed by atoms with Gasteiger partial charge in [-0.2, -0.15) is 0 Å². The lowest BCUT2D eigenvalue weighted by Gasteiger charge is -2.51. The summed E-state index contributed by atoms with van der Waals surface area (Å²) in [5.74, 6) is 3.89. The Kier molecular flexibility index (Phi) is 5.40. The van der Waals surface area contributed by atoms with Gasteiger partial charge in [0.15, 0.2) is 0 Å². The van der Waals surface area contributed by atoms with Crippen molar-refractivity contribution in [2.45, 2.75) is 62.6 Å². The molecule has 4 aliphatic carbocycles. The van der Waals surface area contributed by atoms with Crippen molar-refractivity contribution in [2.75, 3.05) is 13.7 Å². The number of ether oxygens (including phenoxy) is 2. The van der Waals surface area contributed by atoms with Crippen molar-refractivity contribution in [3.05, 3.63) is 41.0 Å². The molecule has 5 aliphatic rings. The topological polar surface area (TPSA) is 99.4 Å². The molecule has 6 nitrogen and oxygen atoms in total. The number of aliphatic hydroxyl groups is 4. The van der Waals surface area contributed by atoms with Gasteiger partial charge < -0.3 is 29.9 Å². The van der Waals surface area contributed by atoms with E-state index in [4.69, 9.17) is 9.47 Å². The highest BCUT2D eigenvalue weighted by Gasteiger charge is 2.47. The summed E-state index contributed by atoms with van der Waals surface area (Å²) in [7, 11) is 1.73. The lowest BCUT2D eigenvalue weighted by atomic mass is 9.54. The zero-order valence-electron chi connectivity index (χ0n) is 17.4. The van der Waals surface area contributed by atoms with Crippen LogP contribution in [0.2, 0.25) is 0 Å². The van der Waals surface area contributed by atoms with Crippen LogP contribution >= 0.6 is 0 Å². The number of allylic oxidation sites excluding steroid dienone is 1. The van der Waals surface area contributed by atoms with Crippen LogP contribution in [0, 0.1) is 23.7 Å². The first-order valence-electron chi connectivity index (χ1n) is 11.2. The first-order valence-corrected chi connectivity index (χ1v) is 11.2. The number of rotatable bonds is 4. The fraction of sp³-hybridized carbons (Fsp3) is 0.667. The second-order valence-electron chi connectivity index (χ2n) is 9.67. The Bertz CT molecular complexity index is 788. The van der Waals surface area contributed by atoms with E-state index in [9.17, 15) is 20.4 Å². The van der Waals surface area contributed by atoms with E-state index >= 15 is 0 Å². The summed E-state index contributed by atoms with van der Waals surface area (Å²) in [6, 6.07) is 7.71. The molecule has 1 saturated heterocycles. The van der Waals surface area contributed by atoms with E-state index in [1.54, 1.807) is 7.11 Å². The average molecular weight is 417 g/mol. The van der Waals surface area contributed by atoms with Gasteiger partial charge in [0.25, 0.3) is 0 Å². The SMILES string of the molecule is COC(=C1C2CC3CC(C2)CC1C3)c1cccc([C@@H]2O[C@H](CO)[C@H](O)[C@H](O)[C@H]2O)c1. The van der Waals surface area contributed by atoms with Crippen LogP contribution in [0.1, 0.15) is 49.3 Å². The van der Waals surface area contributed by atoms with Crippen LogP contribution in [-0.2, 0) is 9.47 Å². The van der Waals surface area contributed by atoms with E-state index in [1.807, 2.05) is 24.3 Å². The summed E-state index contributed by atoms with van der Waals surface area (Å²) in [4.78, 5) is 0. The maximum absolute atomic E-state index is 10.5. The highest BCUT2D eigenvalue weighted by atomic mass is 16.5. The van der Waals surface area contributed by atoms with Gasteiger partial charge in [-0.1, -0.05) is 18.2 Å². The third kappa shape index (κ3) is 3.30. The van der Waals surface area contributed by atoms with Gasteiger partial charge in [-0.3, -0.25) is 0 Å². The van der Waals surface area contributed by atoms with E-state index in [1.165, 1.54) is 37.7 Å². The smallest absolute Gasteiger partial charge is 0.125 e. The standard InChI is InChI=1S/C24H32O6/c1-29-23(19-16-6-12-5-13(8-16)9-17(19)7-12)14-3-2-4-15(10-14)24-22(28)21(27)20(26)18(11-25)30-24/h2-4,10,12-13,16-18,20-22,24-28H,5-9,11H2,1H3/t12?,13?,16?,17?,18-,20+,21+,22-,24+/m1/s1. The van der Waals surface area contributed by atoms with Crippen LogP contribution in [0.25, 0.3) is 5.76 Å². The molecule has 4 N–H and O–H groups in total. The van der Waals surface area contributed by atoms with E-state index in [2.05, 4.69) is 0 Å². The van der Waals surface area contributed by atoms with Gasteiger partial charge in [0.2, 0.25) is 0 Å². The molecule has 0 amide bonds. The minimum atomic E-state index is -1.38. The summed E-state index contributed by atoms with van der Waals surface area (Å²) >= 11 is 0. The lowest BCUT2D eigenvalue weighted by Crippen LogP contribution is -2.55. The largest absolute Gasteiger partial charge is 0.496 e. The average Bonchev–Trinajstić information content (AvgIpc) is 2.74. The predicted molar refractivity (Wildman–Crippen MR) is 110 cm³/mol. The zero-order chi connectivity index (χ0) is 21.0. The number of hydrogen-bond acceptors (Lipinski definition) is 6. The summed E-state index contributed by atoms with van der Waals surface area (Å²) in [6.45, 7) is -0.430. The van der Waals surface area contributed by atoms with Crippen LogP contribution in [0.15, 0.2) is 29.8 Å². The van der Waals surface area contributed by atoms with Crippen molar-refractivity contribution in [1.29, 1.82) is 0 Å². The van der Waals surface area contributed by atoms with Crippen LogP contribution in [0.3, 0.4) is 0 Å². The second kappa shape index (κ2) is 7.92. The normalized spacial score (nSPS) is 42.4. The second-order valence-corrected chi connectivity index (χ2v) is 9.67. The first kappa shape index (κ1) is 20.5. The van der Waals surface area contributed by atoms with Crippen LogP contribution < -0.4 is 0 Å². The lowest BCUT2D eigenvalue weighted by molar-refractivity contribution is -0.231. The Morgan fingerprint density at radius 1 is 0.967 bits per heavy atom. The molecule has 1 aromatic carbocycles. The minimum Gasteiger partial charge on any atom is -0.496 e. The van der Waals surface area contributed by atoms with Crippen molar-refractivity contribution in [3.8, 4) is 0 Å². The zero-order valence-corrected chi connectivity index (χ0v) is 17.4. The molecule has 4 bridgehead atoms. The molecule has 1 heterocycles. The Morgan fingerprint density at radius 2 is 1.63 bits per heavy atom. The summed E-state index contributed by atoms with van der Waals surface area (Å²) < 4.78 is 11.7. The van der Waals surface area contributed by atoms with Crippen LogP contribution in [0.4, 0.5) is 0 Å². The molecule has 1 aromatic rings. The molecule has 4 saturated carbocycles. The van der Waals surface area contributed by atoms with Crippen molar-refractivity contribution >= 4 is 5.76 Å². The van der Waals surface area contributed by atoms with Gasteiger partial charge in [0.1, 0.15) is 36.3 Å². The van der Waals surface area contributed by atoms with E-state index in [0.29, 0.717) is 17.4 Å².